The summed E-state index contributed by atoms with van der Waals surface area (Å²) in [7, 11) is 1.21. The Kier molecular flexibility index (Phi) is 3.39. The van der Waals surface area contributed by atoms with Gasteiger partial charge in [-0.3, -0.25) is 4.99 Å². The van der Waals surface area contributed by atoms with E-state index in [1.54, 1.807) is 5.32 Å². The van der Waals surface area contributed by atoms with Crippen LogP contribution in [0.5, 0.6) is 0 Å². The van der Waals surface area contributed by atoms with Crippen molar-refractivity contribution in [3.63, 3.8) is 0 Å². The molecule has 0 aromatic carbocycles. The van der Waals surface area contributed by atoms with Gasteiger partial charge in [-0.05, 0) is 0 Å². The highest BCUT2D eigenvalue weighted by atomic mass is 19.4. The lowest BCUT2D eigenvalue weighted by molar-refractivity contribution is -0.0944. The largest absolute Gasteiger partial charge is 0.430 e. The molecule has 0 spiro atoms. The first-order chi connectivity index (χ1) is 5.41. The molecule has 0 atom stereocenters. The molecule has 0 aliphatic heterocycles. The van der Waals surface area contributed by atoms with E-state index in [1.165, 1.54) is 7.05 Å². The summed E-state index contributed by atoms with van der Waals surface area (Å²) in [6, 6.07) is 0. The molecule has 0 radical (unpaired) electrons. The molecule has 4 nitrogen and oxygen atoms in total. The third kappa shape index (κ3) is 3.13. The first-order valence-corrected chi connectivity index (χ1v) is 2.79. The van der Waals surface area contributed by atoms with Crippen LogP contribution in [0, 0.1) is 5.53 Å². The highest BCUT2D eigenvalue weighted by molar-refractivity contribution is 5.81. The molecule has 2 N–H and O–H groups in total. The third-order valence-electron chi connectivity index (χ3n) is 0.923. The van der Waals surface area contributed by atoms with Crippen molar-refractivity contribution in [2.24, 2.45) is 10.1 Å². The van der Waals surface area contributed by atoms with E-state index in [9.17, 15) is 13.2 Å². The zero-order valence-electron chi connectivity index (χ0n) is 6.24. The number of aliphatic imine (C=N–C) groups is 1. The molecule has 0 saturated heterocycles. The minimum absolute atomic E-state index is 0.433. The Bertz CT molecular complexity index is 217. The monoisotopic (exact) mass is 180 g/mol. The molecule has 0 rings (SSSR count). The first-order valence-electron chi connectivity index (χ1n) is 2.79. The van der Waals surface area contributed by atoms with Gasteiger partial charge in [0.15, 0.2) is 0 Å². The number of guanidine groups is 1. The number of nitrogens with one attached hydrogen (secondary N) is 2. The average molecular weight is 180 g/mol. The molecule has 68 valence electrons. The summed E-state index contributed by atoms with van der Waals surface area (Å²) < 4.78 is 35.3. The lowest BCUT2D eigenvalue weighted by Crippen LogP contribution is -2.29. The zero-order valence-corrected chi connectivity index (χ0v) is 6.24. The fraction of sp³-hybridized carbons (Fsp3) is 0.400. The van der Waals surface area contributed by atoms with E-state index in [4.69, 9.17) is 5.53 Å². The van der Waals surface area contributed by atoms with E-state index >= 15 is 0 Å². The van der Waals surface area contributed by atoms with E-state index in [0.717, 1.165) is 0 Å². The number of alkyl halides is 3. The van der Waals surface area contributed by atoms with Crippen LogP contribution in [0.2, 0.25) is 0 Å². The Labute approximate surface area is 66.7 Å². The minimum Gasteiger partial charge on any atom is -0.320 e. The van der Waals surface area contributed by atoms with E-state index in [-0.39, 0.29) is 0 Å². The quantitative estimate of drug-likeness (QED) is 0.360. The molecule has 0 unspecified atom stereocenters. The van der Waals surface area contributed by atoms with Gasteiger partial charge in [0.2, 0.25) is 5.96 Å². The van der Waals surface area contributed by atoms with Gasteiger partial charge in [-0.15, -0.1) is 5.11 Å². The van der Waals surface area contributed by atoms with Crippen LogP contribution >= 0.6 is 0 Å². The molecule has 12 heavy (non-hydrogen) atoms. The smallest absolute Gasteiger partial charge is 0.320 e. The van der Waals surface area contributed by atoms with Crippen molar-refractivity contribution in [3.05, 3.63) is 12.3 Å². The van der Waals surface area contributed by atoms with Crippen LogP contribution in [0.25, 0.3) is 0 Å². The molecular weight excluding hydrogens is 173 g/mol. The van der Waals surface area contributed by atoms with Gasteiger partial charge < -0.3 is 5.32 Å². The minimum atomic E-state index is -4.54. The van der Waals surface area contributed by atoms with Gasteiger partial charge in [-0.25, -0.2) is 5.53 Å². The van der Waals surface area contributed by atoms with Gasteiger partial charge in [0, 0.05) is 7.05 Å². The normalized spacial score (nSPS) is 12.5. The van der Waals surface area contributed by atoms with Crippen molar-refractivity contribution in [1.29, 1.82) is 5.53 Å². The second kappa shape index (κ2) is 3.84. The Morgan fingerprint density at radius 3 is 2.25 bits per heavy atom. The number of halogens is 3. The lowest BCUT2D eigenvalue weighted by Gasteiger charge is -2.10. The number of hydrogen-bond acceptors (Lipinski definition) is 2. The second-order valence-electron chi connectivity index (χ2n) is 1.76. The van der Waals surface area contributed by atoms with Crippen molar-refractivity contribution in [2.75, 3.05) is 7.05 Å². The predicted molar refractivity (Wildman–Crippen MR) is 36.8 cm³/mol. The molecule has 0 bridgehead atoms. The van der Waals surface area contributed by atoms with E-state index < -0.39 is 17.8 Å². The van der Waals surface area contributed by atoms with Crippen LogP contribution in [0.4, 0.5) is 13.2 Å². The van der Waals surface area contributed by atoms with Crippen molar-refractivity contribution in [2.45, 2.75) is 6.18 Å². The van der Waals surface area contributed by atoms with Crippen LogP contribution in [0.1, 0.15) is 0 Å². The summed E-state index contributed by atoms with van der Waals surface area (Å²) in [5, 5.41) is 4.42. The molecule has 7 heteroatoms. The van der Waals surface area contributed by atoms with Crippen LogP contribution in [-0.4, -0.2) is 19.2 Å². The van der Waals surface area contributed by atoms with E-state index in [1.807, 2.05) is 0 Å². The third-order valence-corrected chi connectivity index (χ3v) is 0.923. The van der Waals surface area contributed by atoms with Crippen LogP contribution in [0.3, 0.4) is 0 Å². The molecule has 0 fully saturated rings. The number of allylic oxidation sites excluding steroid dienone is 1. The zero-order chi connectivity index (χ0) is 9.78. The molecular formula is C5H7F3N4. The highest BCUT2D eigenvalue weighted by Crippen LogP contribution is 2.21. The maximum atomic E-state index is 11.8. The van der Waals surface area contributed by atoms with Crippen molar-refractivity contribution >= 4 is 5.96 Å². The standard InChI is InChI=1S/C5H7F3N4/c1-3(5(6,7)8)11-4(10-2)12-9/h9H,1H2,2H3,(H,10,11). The fourth-order valence-electron chi connectivity index (χ4n) is 0.340. The summed E-state index contributed by atoms with van der Waals surface area (Å²) in [6.45, 7) is 2.70. The molecule has 0 heterocycles. The Morgan fingerprint density at radius 1 is 1.50 bits per heavy atom. The molecule has 0 amide bonds. The molecule has 0 aliphatic carbocycles. The number of nitrogens with zero attached hydrogens (tertiary/aromatic N) is 2. The molecule has 0 aliphatic rings. The van der Waals surface area contributed by atoms with Gasteiger partial charge in [-0.2, -0.15) is 13.2 Å². The molecule has 0 aromatic rings. The summed E-state index contributed by atoms with van der Waals surface area (Å²) in [4.78, 5) is 3.25. The number of hydrogen-bond donors (Lipinski definition) is 2. The van der Waals surface area contributed by atoms with Crippen LogP contribution < -0.4 is 5.32 Å². The Morgan fingerprint density at radius 2 is 2.00 bits per heavy atom. The molecule has 0 aromatic heterocycles. The van der Waals surface area contributed by atoms with E-state index in [2.05, 4.69) is 16.7 Å². The van der Waals surface area contributed by atoms with Crippen molar-refractivity contribution < 1.29 is 13.2 Å². The maximum absolute atomic E-state index is 11.8. The SMILES string of the molecule is C=C(NC(N=N)=NC)C(F)(F)F. The fourth-order valence-corrected chi connectivity index (χ4v) is 0.340. The predicted octanol–water partition coefficient (Wildman–Crippen LogP) is 1.67. The van der Waals surface area contributed by atoms with E-state index in [0.29, 0.717) is 0 Å². The first kappa shape index (κ1) is 10.6. The summed E-state index contributed by atoms with van der Waals surface area (Å²) in [5.41, 5.74) is 5.19. The molecule has 0 saturated carbocycles. The summed E-state index contributed by atoms with van der Waals surface area (Å²) >= 11 is 0. The highest BCUT2D eigenvalue weighted by Gasteiger charge is 2.32. The van der Waals surface area contributed by atoms with Crippen LogP contribution in [-0.2, 0) is 0 Å². The van der Waals surface area contributed by atoms with Crippen molar-refractivity contribution in [1.82, 2.24) is 5.32 Å². The van der Waals surface area contributed by atoms with Crippen molar-refractivity contribution in [3.8, 4) is 0 Å². The second-order valence-corrected chi connectivity index (χ2v) is 1.76. The van der Waals surface area contributed by atoms with Gasteiger partial charge in [0.05, 0.1) is 0 Å². The Hall–Kier alpha value is -1.40. The summed E-state index contributed by atoms with van der Waals surface area (Å²) in [5.74, 6) is -0.433. The lowest BCUT2D eigenvalue weighted by atomic mass is 10.5. The topological polar surface area (TPSA) is 60.6 Å². The van der Waals surface area contributed by atoms with Crippen LogP contribution in [0.15, 0.2) is 22.4 Å². The summed E-state index contributed by atoms with van der Waals surface area (Å²) in [6.07, 6.45) is -4.54. The van der Waals surface area contributed by atoms with Gasteiger partial charge in [-0.1, -0.05) is 6.58 Å². The average Bonchev–Trinajstić information content (AvgIpc) is 1.97. The number of rotatable bonds is 1. The Balaban J connectivity index is 4.29. The van der Waals surface area contributed by atoms with Gasteiger partial charge >= 0.3 is 6.18 Å². The van der Waals surface area contributed by atoms with Gasteiger partial charge in [0.25, 0.3) is 0 Å². The van der Waals surface area contributed by atoms with Gasteiger partial charge in [0.1, 0.15) is 5.70 Å². The maximum Gasteiger partial charge on any atom is 0.430 e.